The van der Waals surface area contributed by atoms with E-state index in [0.29, 0.717) is 18.4 Å². The van der Waals surface area contributed by atoms with Crippen molar-refractivity contribution in [3.8, 4) is 5.88 Å². The van der Waals surface area contributed by atoms with Gasteiger partial charge in [0.25, 0.3) is 0 Å². The Kier molecular flexibility index (Phi) is 5.69. The van der Waals surface area contributed by atoms with Crippen LogP contribution in [0.15, 0.2) is 12.3 Å². The van der Waals surface area contributed by atoms with Crippen LogP contribution in [0.25, 0.3) is 0 Å². The summed E-state index contributed by atoms with van der Waals surface area (Å²) >= 11 is 0. The molecule has 1 aromatic rings. The maximum atomic E-state index is 9.05. The maximum Gasteiger partial charge on any atom is 0.226 e. The fraction of sp³-hybridized carbons (Fsp3) is 0.667. The second-order valence-corrected chi connectivity index (χ2v) is 4.16. The van der Waals surface area contributed by atoms with E-state index >= 15 is 0 Å². The van der Waals surface area contributed by atoms with Crippen LogP contribution in [0.2, 0.25) is 0 Å². The standard InChI is InChI=1S/C12H21N3O2/c1-4-7-17-11-5-6-13-12(15-11)14-10(3)9(2)8-16/h5-6,9-10,16H,4,7-8H2,1-3H3,(H,13,14,15). The van der Waals surface area contributed by atoms with Gasteiger partial charge in [0.1, 0.15) is 0 Å². The van der Waals surface area contributed by atoms with Crippen LogP contribution in [0.3, 0.4) is 0 Å². The normalized spacial score (nSPS) is 14.1. The molecule has 5 heteroatoms. The Morgan fingerprint density at radius 3 is 2.88 bits per heavy atom. The van der Waals surface area contributed by atoms with E-state index in [1.807, 2.05) is 20.8 Å². The van der Waals surface area contributed by atoms with E-state index in [1.165, 1.54) is 0 Å². The number of nitrogens with zero attached hydrogens (tertiary/aromatic N) is 2. The molecular weight excluding hydrogens is 218 g/mol. The molecule has 1 heterocycles. The lowest BCUT2D eigenvalue weighted by molar-refractivity contribution is 0.226. The van der Waals surface area contributed by atoms with Crippen molar-refractivity contribution in [1.29, 1.82) is 0 Å². The summed E-state index contributed by atoms with van der Waals surface area (Å²) in [7, 11) is 0. The molecule has 0 amide bonds. The van der Waals surface area contributed by atoms with Crippen molar-refractivity contribution in [2.45, 2.75) is 33.2 Å². The van der Waals surface area contributed by atoms with Crippen LogP contribution in [0.5, 0.6) is 5.88 Å². The fourth-order valence-electron chi connectivity index (χ4n) is 1.20. The Balaban J connectivity index is 2.58. The average molecular weight is 239 g/mol. The van der Waals surface area contributed by atoms with Crippen molar-refractivity contribution < 1.29 is 9.84 Å². The van der Waals surface area contributed by atoms with Crippen molar-refractivity contribution in [1.82, 2.24) is 9.97 Å². The summed E-state index contributed by atoms with van der Waals surface area (Å²) in [6.45, 7) is 6.80. The molecule has 2 atom stereocenters. The second-order valence-electron chi connectivity index (χ2n) is 4.16. The van der Waals surface area contributed by atoms with Gasteiger partial charge in [-0.1, -0.05) is 13.8 Å². The number of anilines is 1. The summed E-state index contributed by atoms with van der Waals surface area (Å²) < 4.78 is 5.42. The van der Waals surface area contributed by atoms with Crippen molar-refractivity contribution >= 4 is 5.95 Å². The molecule has 17 heavy (non-hydrogen) atoms. The van der Waals surface area contributed by atoms with Gasteiger partial charge < -0.3 is 15.2 Å². The highest BCUT2D eigenvalue weighted by atomic mass is 16.5. The smallest absolute Gasteiger partial charge is 0.226 e. The quantitative estimate of drug-likeness (QED) is 0.758. The Labute approximate surface area is 102 Å². The molecule has 1 aromatic heterocycles. The van der Waals surface area contributed by atoms with Crippen molar-refractivity contribution in [2.24, 2.45) is 5.92 Å². The van der Waals surface area contributed by atoms with Gasteiger partial charge in [-0.25, -0.2) is 4.98 Å². The zero-order chi connectivity index (χ0) is 12.7. The van der Waals surface area contributed by atoms with Gasteiger partial charge in [-0.15, -0.1) is 0 Å². The topological polar surface area (TPSA) is 67.3 Å². The van der Waals surface area contributed by atoms with E-state index < -0.39 is 0 Å². The third-order valence-electron chi connectivity index (χ3n) is 2.58. The minimum Gasteiger partial charge on any atom is -0.478 e. The number of nitrogens with one attached hydrogen (secondary N) is 1. The van der Waals surface area contributed by atoms with E-state index in [4.69, 9.17) is 9.84 Å². The molecule has 0 bridgehead atoms. The van der Waals surface area contributed by atoms with Gasteiger partial charge in [0, 0.05) is 24.9 Å². The van der Waals surface area contributed by atoms with Crippen LogP contribution in [-0.2, 0) is 0 Å². The number of aliphatic hydroxyl groups excluding tert-OH is 1. The van der Waals surface area contributed by atoms with Crippen LogP contribution in [0.1, 0.15) is 27.2 Å². The zero-order valence-corrected chi connectivity index (χ0v) is 10.7. The zero-order valence-electron chi connectivity index (χ0n) is 10.7. The number of ether oxygens (including phenoxy) is 1. The van der Waals surface area contributed by atoms with Gasteiger partial charge in [0.05, 0.1) is 6.61 Å². The highest BCUT2D eigenvalue weighted by Crippen LogP contribution is 2.12. The third-order valence-corrected chi connectivity index (χ3v) is 2.58. The van der Waals surface area contributed by atoms with Crippen LogP contribution in [-0.4, -0.2) is 34.3 Å². The SMILES string of the molecule is CCCOc1ccnc(NC(C)C(C)CO)n1. The first-order chi connectivity index (χ1) is 8.17. The van der Waals surface area contributed by atoms with Gasteiger partial charge >= 0.3 is 0 Å². The average Bonchev–Trinajstić information content (AvgIpc) is 2.35. The van der Waals surface area contributed by atoms with Gasteiger partial charge in [0.15, 0.2) is 0 Å². The summed E-state index contributed by atoms with van der Waals surface area (Å²) in [4.78, 5) is 8.36. The first-order valence-corrected chi connectivity index (χ1v) is 6.00. The van der Waals surface area contributed by atoms with E-state index in [-0.39, 0.29) is 18.6 Å². The first kappa shape index (κ1) is 13.7. The highest BCUT2D eigenvalue weighted by molar-refractivity contribution is 5.28. The molecule has 0 fully saturated rings. The van der Waals surface area contributed by atoms with Gasteiger partial charge in [-0.05, 0) is 19.3 Å². The molecule has 1 rings (SSSR count). The maximum absolute atomic E-state index is 9.05. The lowest BCUT2D eigenvalue weighted by atomic mass is 10.1. The summed E-state index contributed by atoms with van der Waals surface area (Å²) in [6.07, 6.45) is 2.61. The van der Waals surface area contributed by atoms with E-state index in [9.17, 15) is 0 Å². The minimum absolute atomic E-state index is 0.112. The minimum atomic E-state index is 0.112. The summed E-state index contributed by atoms with van der Waals surface area (Å²) in [5, 5.41) is 12.2. The Hall–Kier alpha value is -1.36. The van der Waals surface area contributed by atoms with Crippen LogP contribution < -0.4 is 10.1 Å². The van der Waals surface area contributed by atoms with E-state index in [0.717, 1.165) is 6.42 Å². The molecule has 96 valence electrons. The predicted molar refractivity (Wildman–Crippen MR) is 67.2 cm³/mol. The fourth-order valence-corrected chi connectivity index (χ4v) is 1.20. The van der Waals surface area contributed by atoms with Crippen LogP contribution >= 0.6 is 0 Å². The monoisotopic (exact) mass is 239 g/mol. The molecule has 0 aliphatic heterocycles. The molecule has 0 saturated heterocycles. The third kappa shape index (κ3) is 4.56. The molecule has 2 N–H and O–H groups in total. The predicted octanol–water partition coefficient (Wildman–Crippen LogP) is 1.69. The second kappa shape index (κ2) is 7.06. The lowest BCUT2D eigenvalue weighted by Crippen LogP contribution is -2.27. The first-order valence-electron chi connectivity index (χ1n) is 6.00. The molecule has 0 radical (unpaired) electrons. The lowest BCUT2D eigenvalue weighted by Gasteiger charge is -2.19. The van der Waals surface area contributed by atoms with E-state index in [1.54, 1.807) is 12.3 Å². The summed E-state index contributed by atoms with van der Waals surface area (Å²) in [5.41, 5.74) is 0. The van der Waals surface area contributed by atoms with E-state index in [2.05, 4.69) is 15.3 Å². The molecule has 0 aliphatic carbocycles. The highest BCUT2D eigenvalue weighted by Gasteiger charge is 2.12. The molecule has 5 nitrogen and oxygen atoms in total. The van der Waals surface area contributed by atoms with Gasteiger partial charge in [0.2, 0.25) is 11.8 Å². The molecule has 0 aliphatic rings. The summed E-state index contributed by atoms with van der Waals surface area (Å²) in [6, 6.07) is 1.85. The number of rotatable bonds is 7. The Morgan fingerprint density at radius 1 is 1.47 bits per heavy atom. The number of aliphatic hydroxyl groups is 1. The molecule has 0 saturated carbocycles. The van der Waals surface area contributed by atoms with Gasteiger partial charge in [-0.3, -0.25) is 0 Å². The van der Waals surface area contributed by atoms with Gasteiger partial charge in [-0.2, -0.15) is 4.98 Å². The van der Waals surface area contributed by atoms with Crippen molar-refractivity contribution in [3.05, 3.63) is 12.3 Å². The largest absolute Gasteiger partial charge is 0.478 e. The van der Waals surface area contributed by atoms with Crippen LogP contribution in [0, 0.1) is 5.92 Å². The Bertz CT molecular complexity index is 333. The van der Waals surface area contributed by atoms with Crippen LogP contribution in [0.4, 0.5) is 5.95 Å². The Morgan fingerprint density at radius 2 is 2.24 bits per heavy atom. The van der Waals surface area contributed by atoms with Crippen molar-refractivity contribution in [3.63, 3.8) is 0 Å². The molecular formula is C12H21N3O2. The number of hydrogen-bond donors (Lipinski definition) is 2. The molecule has 2 unspecified atom stereocenters. The van der Waals surface area contributed by atoms with Crippen molar-refractivity contribution in [2.75, 3.05) is 18.5 Å². The molecule has 0 aromatic carbocycles. The summed E-state index contributed by atoms with van der Waals surface area (Å²) in [5.74, 6) is 1.26. The number of hydrogen-bond acceptors (Lipinski definition) is 5. The number of aromatic nitrogens is 2. The molecule has 0 spiro atoms.